The van der Waals surface area contributed by atoms with Crippen molar-refractivity contribution in [3.63, 3.8) is 0 Å². The molecule has 0 aliphatic carbocycles. The molecule has 0 saturated heterocycles. The number of aliphatic hydroxyl groups excluding tert-OH is 3. The van der Waals surface area contributed by atoms with Gasteiger partial charge in [0.15, 0.2) is 0 Å². The number of fused-ring (bicyclic) bond motifs is 1. The number of aliphatic hydroxyl groups is 3. The Morgan fingerprint density at radius 1 is 1.26 bits per heavy atom. The molecule has 2 aromatic rings. The Kier molecular flexibility index (Phi) is 3.79. The van der Waals surface area contributed by atoms with E-state index >= 15 is 0 Å². The molecule has 1 aromatic carbocycles. The third-order valence-electron chi connectivity index (χ3n) is 2.82. The van der Waals surface area contributed by atoms with Crippen molar-refractivity contribution in [1.82, 2.24) is 4.98 Å². The molecule has 0 saturated carbocycles. The molecule has 2 rings (SSSR count). The number of hydrogen-bond acceptors (Lipinski definition) is 6. The van der Waals surface area contributed by atoms with Crippen LogP contribution in [0.4, 0.5) is 0 Å². The molecule has 0 bridgehead atoms. The van der Waals surface area contributed by atoms with Crippen LogP contribution in [0.3, 0.4) is 0 Å². The van der Waals surface area contributed by atoms with Gasteiger partial charge in [0.25, 0.3) is 0 Å². The lowest BCUT2D eigenvalue weighted by Gasteiger charge is -2.17. The fraction of sp³-hybridized carbons (Fsp3) is 0.333. The maximum atomic E-state index is 11.5. The van der Waals surface area contributed by atoms with Crippen molar-refractivity contribution in [2.45, 2.75) is 18.6 Å². The van der Waals surface area contributed by atoms with Crippen molar-refractivity contribution in [2.24, 2.45) is 0 Å². The Morgan fingerprint density at radius 2 is 2.00 bits per heavy atom. The van der Waals surface area contributed by atoms with E-state index < -0.39 is 23.6 Å². The molecular weight excluding hydrogens is 254 g/mol. The molecule has 0 radical (unpaired) electrons. The molecule has 102 valence electrons. The summed E-state index contributed by atoms with van der Waals surface area (Å²) in [5.41, 5.74) is -0.230. The van der Waals surface area contributed by atoms with Crippen molar-refractivity contribution in [1.29, 1.82) is 0 Å². The molecule has 7 heteroatoms. The van der Waals surface area contributed by atoms with Crippen LogP contribution in [0.2, 0.25) is 0 Å². The van der Waals surface area contributed by atoms with Crippen molar-refractivity contribution < 1.29 is 19.7 Å². The molecular formula is C12H13NO6. The summed E-state index contributed by atoms with van der Waals surface area (Å²) in [5, 5.41) is 28.3. The Morgan fingerprint density at radius 3 is 2.68 bits per heavy atom. The minimum atomic E-state index is -1.23. The summed E-state index contributed by atoms with van der Waals surface area (Å²) in [5.74, 6) is -0.855. The number of aromatic amines is 1. The number of benzene rings is 1. The molecule has 2 atom stereocenters. The molecule has 0 aliphatic rings. The van der Waals surface area contributed by atoms with E-state index in [0.29, 0.717) is 5.56 Å². The zero-order chi connectivity index (χ0) is 14.0. The van der Waals surface area contributed by atoms with Crippen LogP contribution >= 0.6 is 0 Å². The molecule has 0 spiro atoms. The fourth-order valence-corrected chi connectivity index (χ4v) is 1.81. The monoisotopic (exact) mass is 267 g/mol. The average molecular weight is 267 g/mol. The molecule has 0 amide bonds. The quantitative estimate of drug-likeness (QED) is 0.578. The normalized spacial score (nSPS) is 14.5. The Hall–Kier alpha value is -1.96. The minimum absolute atomic E-state index is 0.0133. The number of H-pyrrole nitrogens is 1. The van der Waals surface area contributed by atoms with Crippen molar-refractivity contribution in [2.75, 3.05) is 6.61 Å². The van der Waals surface area contributed by atoms with Gasteiger partial charge in [-0.3, -0.25) is 4.98 Å². The second-order valence-corrected chi connectivity index (χ2v) is 4.13. The van der Waals surface area contributed by atoms with Gasteiger partial charge in [-0.05, 0) is 24.1 Å². The largest absolute Gasteiger partial charge is 0.419 e. The third-order valence-corrected chi connectivity index (χ3v) is 2.82. The summed E-state index contributed by atoms with van der Waals surface area (Å²) < 4.78 is 4.38. The Labute approximate surface area is 106 Å². The highest BCUT2D eigenvalue weighted by molar-refractivity contribution is 5.77. The maximum Gasteiger partial charge on any atom is 0.419 e. The van der Waals surface area contributed by atoms with Crippen LogP contribution in [0.5, 0.6) is 0 Å². The second-order valence-electron chi connectivity index (χ2n) is 4.13. The highest BCUT2D eigenvalue weighted by atomic mass is 16.4. The third kappa shape index (κ3) is 2.73. The van der Waals surface area contributed by atoms with Crippen LogP contribution in [0.1, 0.15) is 18.1 Å². The lowest BCUT2D eigenvalue weighted by Crippen LogP contribution is -2.20. The summed E-state index contributed by atoms with van der Waals surface area (Å²) in [6.45, 7) is -0.263. The van der Waals surface area contributed by atoms with Crippen molar-refractivity contribution >= 4 is 10.9 Å². The minimum Gasteiger partial charge on any atom is -0.396 e. The number of aromatic nitrogens is 1. The highest BCUT2D eigenvalue weighted by Crippen LogP contribution is 2.21. The first kappa shape index (κ1) is 13.5. The molecule has 19 heavy (non-hydrogen) atoms. The first-order chi connectivity index (χ1) is 9.02. The molecule has 0 aliphatic heterocycles. The van der Waals surface area contributed by atoms with Crippen LogP contribution in [0.15, 0.2) is 32.2 Å². The number of rotatable bonds is 4. The summed E-state index contributed by atoms with van der Waals surface area (Å²) in [7, 11) is 0. The predicted molar refractivity (Wildman–Crippen MR) is 65.8 cm³/mol. The zero-order valence-electron chi connectivity index (χ0n) is 9.87. The number of nitrogens with one attached hydrogen (secondary N) is 1. The molecule has 1 aromatic heterocycles. The summed E-state index contributed by atoms with van der Waals surface area (Å²) in [4.78, 5) is 24.8. The van der Waals surface area contributed by atoms with E-state index in [1.54, 1.807) is 0 Å². The summed E-state index contributed by atoms with van der Waals surface area (Å²) >= 11 is 0. The van der Waals surface area contributed by atoms with Gasteiger partial charge in [-0.1, -0.05) is 6.07 Å². The smallest absolute Gasteiger partial charge is 0.396 e. The summed E-state index contributed by atoms with van der Waals surface area (Å²) in [6, 6.07) is 4.25. The second kappa shape index (κ2) is 5.35. The standard InChI is InChI=1S/C12H13NO6/c14-4-3-9(15)10(16)6-1-2-8-7(5-6)11(17)19-12(18)13-8/h1-2,5,9-10,14-16H,3-4H2,(H,13,18). The Balaban J connectivity index is 2.47. The van der Waals surface area contributed by atoms with E-state index in [1.165, 1.54) is 18.2 Å². The first-order valence-electron chi connectivity index (χ1n) is 5.67. The van der Waals surface area contributed by atoms with Gasteiger partial charge in [0, 0.05) is 6.61 Å². The molecule has 7 nitrogen and oxygen atoms in total. The first-order valence-corrected chi connectivity index (χ1v) is 5.67. The van der Waals surface area contributed by atoms with Crippen LogP contribution in [0.25, 0.3) is 10.9 Å². The predicted octanol–water partition coefficient (Wildman–Crippen LogP) is -0.742. The zero-order valence-corrected chi connectivity index (χ0v) is 9.87. The Bertz CT molecular complexity index is 688. The maximum absolute atomic E-state index is 11.5. The van der Waals surface area contributed by atoms with E-state index in [4.69, 9.17) is 5.11 Å². The van der Waals surface area contributed by atoms with Crippen LogP contribution in [0, 0.1) is 0 Å². The van der Waals surface area contributed by atoms with Gasteiger partial charge >= 0.3 is 11.4 Å². The summed E-state index contributed by atoms with van der Waals surface area (Å²) in [6.07, 6.45) is -2.36. The topological polar surface area (TPSA) is 124 Å². The fourth-order valence-electron chi connectivity index (χ4n) is 1.81. The van der Waals surface area contributed by atoms with Gasteiger partial charge in [-0.15, -0.1) is 0 Å². The molecule has 0 fully saturated rings. The van der Waals surface area contributed by atoms with Crippen LogP contribution in [-0.4, -0.2) is 33.0 Å². The van der Waals surface area contributed by atoms with Crippen LogP contribution < -0.4 is 11.4 Å². The van der Waals surface area contributed by atoms with Gasteiger partial charge in [0.1, 0.15) is 6.10 Å². The van der Waals surface area contributed by atoms with Crippen molar-refractivity contribution in [3.8, 4) is 0 Å². The highest BCUT2D eigenvalue weighted by Gasteiger charge is 2.18. The van der Waals surface area contributed by atoms with Gasteiger partial charge < -0.3 is 19.7 Å². The lowest BCUT2D eigenvalue weighted by molar-refractivity contribution is 0.00428. The molecule has 2 unspecified atom stereocenters. The molecule has 1 heterocycles. The average Bonchev–Trinajstić information content (AvgIpc) is 2.37. The van der Waals surface area contributed by atoms with E-state index in [1.807, 2.05) is 0 Å². The lowest BCUT2D eigenvalue weighted by atomic mass is 10.0. The van der Waals surface area contributed by atoms with Crippen LogP contribution in [-0.2, 0) is 0 Å². The van der Waals surface area contributed by atoms with Gasteiger partial charge in [0.05, 0.1) is 17.0 Å². The van der Waals surface area contributed by atoms with Crippen molar-refractivity contribution in [3.05, 3.63) is 44.7 Å². The van der Waals surface area contributed by atoms with Gasteiger partial charge in [-0.2, -0.15) is 0 Å². The van der Waals surface area contributed by atoms with E-state index in [-0.39, 0.29) is 23.9 Å². The molecule has 4 N–H and O–H groups in total. The van der Waals surface area contributed by atoms with Gasteiger partial charge in [-0.25, -0.2) is 9.59 Å². The van der Waals surface area contributed by atoms with E-state index in [0.717, 1.165) is 0 Å². The SMILES string of the molecule is O=c1[nH]c2ccc(C(O)C(O)CCO)cc2c(=O)o1. The van der Waals surface area contributed by atoms with E-state index in [9.17, 15) is 19.8 Å². The van der Waals surface area contributed by atoms with Gasteiger partial charge in [0.2, 0.25) is 0 Å². The van der Waals surface area contributed by atoms with E-state index in [2.05, 4.69) is 9.40 Å². The number of hydrogen-bond donors (Lipinski definition) is 4.